The Balaban J connectivity index is 1.49. The SMILES string of the molecule is C[C@@H](Oc1ccccc1)C(=O)N1CCC(Cc2nncn2C)CC1. The maximum absolute atomic E-state index is 12.6. The van der Waals surface area contributed by atoms with E-state index in [2.05, 4.69) is 10.2 Å². The van der Waals surface area contributed by atoms with Crippen LogP contribution in [0.4, 0.5) is 0 Å². The van der Waals surface area contributed by atoms with E-state index in [1.165, 1.54) is 0 Å². The molecule has 2 heterocycles. The van der Waals surface area contributed by atoms with Crippen LogP contribution in [-0.2, 0) is 18.3 Å². The van der Waals surface area contributed by atoms with E-state index in [0.717, 1.165) is 43.9 Å². The van der Waals surface area contributed by atoms with Crippen LogP contribution in [0, 0.1) is 5.92 Å². The number of carbonyl (C=O) groups is 1. The Morgan fingerprint density at radius 2 is 2.00 bits per heavy atom. The average Bonchev–Trinajstić information content (AvgIpc) is 3.00. The molecule has 6 heteroatoms. The number of hydrogen-bond donors (Lipinski definition) is 0. The van der Waals surface area contributed by atoms with Gasteiger partial charge in [0.2, 0.25) is 0 Å². The van der Waals surface area contributed by atoms with E-state index in [0.29, 0.717) is 5.92 Å². The molecule has 1 atom stereocenters. The summed E-state index contributed by atoms with van der Waals surface area (Å²) in [6, 6.07) is 9.49. The second-order valence-corrected chi connectivity index (χ2v) is 6.40. The van der Waals surface area contributed by atoms with Gasteiger partial charge >= 0.3 is 0 Å². The van der Waals surface area contributed by atoms with Crippen LogP contribution in [0.5, 0.6) is 5.75 Å². The number of aromatic nitrogens is 3. The average molecular weight is 328 g/mol. The lowest BCUT2D eigenvalue weighted by atomic mass is 9.93. The van der Waals surface area contributed by atoms with Crippen LogP contribution in [0.25, 0.3) is 0 Å². The van der Waals surface area contributed by atoms with Crippen molar-refractivity contribution in [3.8, 4) is 5.75 Å². The second kappa shape index (κ2) is 7.47. The summed E-state index contributed by atoms with van der Waals surface area (Å²) in [4.78, 5) is 14.5. The van der Waals surface area contributed by atoms with Crippen LogP contribution >= 0.6 is 0 Å². The van der Waals surface area contributed by atoms with E-state index in [1.54, 1.807) is 6.33 Å². The molecule has 1 aromatic heterocycles. The van der Waals surface area contributed by atoms with Crippen molar-refractivity contribution in [2.75, 3.05) is 13.1 Å². The molecule has 1 aromatic carbocycles. The number of carbonyl (C=O) groups excluding carboxylic acids is 1. The van der Waals surface area contributed by atoms with Gasteiger partial charge in [0, 0.05) is 26.6 Å². The number of rotatable bonds is 5. The van der Waals surface area contributed by atoms with Crippen LogP contribution < -0.4 is 4.74 Å². The van der Waals surface area contributed by atoms with E-state index in [9.17, 15) is 4.79 Å². The number of likely N-dealkylation sites (tertiary alicyclic amines) is 1. The van der Waals surface area contributed by atoms with Crippen molar-refractivity contribution in [3.63, 3.8) is 0 Å². The Morgan fingerprint density at radius 1 is 1.29 bits per heavy atom. The minimum absolute atomic E-state index is 0.0657. The van der Waals surface area contributed by atoms with Gasteiger partial charge in [-0.25, -0.2) is 0 Å². The first kappa shape index (κ1) is 16.5. The minimum Gasteiger partial charge on any atom is -0.481 e. The third-order valence-electron chi connectivity index (χ3n) is 4.61. The number of hydrogen-bond acceptors (Lipinski definition) is 4. The van der Waals surface area contributed by atoms with Gasteiger partial charge in [0.15, 0.2) is 6.10 Å². The van der Waals surface area contributed by atoms with Gasteiger partial charge in [0.25, 0.3) is 5.91 Å². The fourth-order valence-corrected chi connectivity index (χ4v) is 3.12. The lowest BCUT2D eigenvalue weighted by Gasteiger charge is -2.33. The van der Waals surface area contributed by atoms with Crippen molar-refractivity contribution >= 4 is 5.91 Å². The van der Waals surface area contributed by atoms with Gasteiger partial charge in [-0.3, -0.25) is 4.79 Å². The van der Waals surface area contributed by atoms with Gasteiger partial charge in [0.05, 0.1) is 0 Å². The molecule has 0 saturated carbocycles. The highest BCUT2D eigenvalue weighted by molar-refractivity contribution is 5.81. The molecular formula is C18H24N4O2. The summed E-state index contributed by atoms with van der Waals surface area (Å²) >= 11 is 0. The zero-order valence-electron chi connectivity index (χ0n) is 14.3. The van der Waals surface area contributed by atoms with Crippen molar-refractivity contribution in [1.29, 1.82) is 0 Å². The maximum atomic E-state index is 12.6. The molecule has 0 unspecified atom stereocenters. The topological polar surface area (TPSA) is 60.2 Å². The molecule has 0 bridgehead atoms. The van der Waals surface area contributed by atoms with E-state index in [4.69, 9.17) is 4.74 Å². The normalized spacial score (nSPS) is 16.8. The smallest absolute Gasteiger partial charge is 0.263 e. The Bertz CT molecular complexity index is 663. The summed E-state index contributed by atoms with van der Waals surface area (Å²) in [6.45, 7) is 3.38. The molecule has 3 rings (SSSR count). The number of amides is 1. The molecule has 0 radical (unpaired) electrons. The van der Waals surface area contributed by atoms with Gasteiger partial charge in [-0.15, -0.1) is 10.2 Å². The Morgan fingerprint density at radius 3 is 2.62 bits per heavy atom. The summed E-state index contributed by atoms with van der Waals surface area (Å²) in [7, 11) is 1.97. The molecule has 1 aliphatic rings. The molecule has 0 N–H and O–H groups in total. The first-order chi connectivity index (χ1) is 11.6. The van der Waals surface area contributed by atoms with Crippen LogP contribution in [-0.4, -0.2) is 44.8 Å². The first-order valence-corrected chi connectivity index (χ1v) is 8.47. The van der Waals surface area contributed by atoms with Crippen LogP contribution in [0.3, 0.4) is 0 Å². The largest absolute Gasteiger partial charge is 0.481 e. The monoisotopic (exact) mass is 328 g/mol. The number of ether oxygens (including phenoxy) is 1. The number of para-hydroxylation sites is 1. The van der Waals surface area contributed by atoms with E-state index >= 15 is 0 Å². The van der Waals surface area contributed by atoms with Crippen LogP contribution in [0.1, 0.15) is 25.6 Å². The molecule has 1 saturated heterocycles. The van der Waals surface area contributed by atoms with Crippen LogP contribution in [0.2, 0.25) is 0 Å². The fraction of sp³-hybridized carbons (Fsp3) is 0.500. The highest BCUT2D eigenvalue weighted by Gasteiger charge is 2.27. The third-order valence-corrected chi connectivity index (χ3v) is 4.61. The molecule has 6 nitrogen and oxygen atoms in total. The summed E-state index contributed by atoms with van der Waals surface area (Å²) < 4.78 is 7.71. The van der Waals surface area contributed by atoms with E-state index < -0.39 is 6.10 Å². The standard InChI is InChI=1S/C18H24N4O2/c1-14(24-16-6-4-3-5-7-16)18(23)22-10-8-15(9-11-22)12-17-20-19-13-21(17)2/h3-7,13-15H,8-12H2,1-2H3/t14-/m1/s1. The number of benzene rings is 1. The molecular weight excluding hydrogens is 304 g/mol. The second-order valence-electron chi connectivity index (χ2n) is 6.40. The van der Waals surface area contributed by atoms with Crippen molar-refractivity contribution < 1.29 is 9.53 Å². The number of piperidine rings is 1. The van der Waals surface area contributed by atoms with Gasteiger partial charge in [-0.05, 0) is 37.8 Å². The fourth-order valence-electron chi connectivity index (χ4n) is 3.12. The molecule has 1 fully saturated rings. The summed E-state index contributed by atoms with van der Waals surface area (Å²) in [5, 5.41) is 8.08. The molecule has 128 valence electrons. The summed E-state index contributed by atoms with van der Waals surface area (Å²) in [5.41, 5.74) is 0. The maximum Gasteiger partial charge on any atom is 0.263 e. The summed E-state index contributed by atoms with van der Waals surface area (Å²) in [5.74, 6) is 2.37. The van der Waals surface area contributed by atoms with Crippen molar-refractivity contribution in [2.45, 2.75) is 32.3 Å². The Kier molecular flexibility index (Phi) is 5.13. The predicted octanol–water partition coefficient (Wildman–Crippen LogP) is 2.06. The van der Waals surface area contributed by atoms with Crippen LogP contribution in [0.15, 0.2) is 36.7 Å². The lowest BCUT2D eigenvalue weighted by Crippen LogP contribution is -2.45. The lowest BCUT2D eigenvalue weighted by molar-refractivity contribution is -0.139. The zero-order valence-corrected chi connectivity index (χ0v) is 14.3. The van der Waals surface area contributed by atoms with E-state index in [1.807, 2.05) is 53.8 Å². The van der Waals surface area contributed by atoms with Crippen molar-refractivity contribution in [3.05, 3.63) is 42.5 Å². The minimum atomic E-state index is -0.456. The van der Waals surface area contributed by atoms with Crippen molar-refractivity contribution in [2.24, 2.45) is 13.0 Å². The molecule has 1 amide bonds. The van der Waals surface area contributed by atoms with Gasteiger partial charge in [-0.1, -0.05) is 18.2 Å². The van der Waals surface area contributed by atoms with Gasteiger partial charge in [0.1, 0.15) is 17.9 Å². The molecule has 1 aliphatic heterocycles. The molecule has 0 spiro atoms. The Labute approximate surface area is 142 Å². The Hall–Kier alpha value is -2.37. The van der Waals surface area contributed by atoms with Gasteiger partial charge < -0.3 is 14.2 Å². The zero-order chi connectivity index (χ0) is 16.9. The molecule has 0 aliphatic carbocycles. The highest BCUT2D eigenvalue weighted by Crippen LogP contribution is 2.22. The highest BCUT2D eigenvalue weighted by atomic mass is 16.5. The van der Waals surface area contributed by atoms with Crippen molar-refractivity contribution in [1.82, 2.24) is 19.7 Å². The molecule has 24 heavy (non-hydrogen) atoms. The molecule has 2 aromatic rings. The number of nitrogens with zero attached hydrogens (tertiary/aromatic N) is 4. The predicted molar refractivity (Wildman–Crippen MR) is 90.5 cm³/mol. The summed E-state index contributed by atoms with van der Waals surface area (Å²) in [6.07, 6.45) is 4.20. The third kappa shape index (κ3) is 3.93. The van der Waals surface area contributed by atoms with E-state index in [-0.39, 0.29) is 5.91 Å². The van der Waals surface area contributed by atoms with Gasteiger partial charge in [-0.2, -0.15) is 0 Å². The quantitative estimate of drug-likeness (QED) is 0.843. The number of aryl methyl sites for hydroxylation is 1. The first-order valence-electron chi connectivity index (χ1n) is 8.47.